The number of urea groups is 1. The highest BCUT2D eigenvalue weighted by molar-refractivity contribution is 5.95. The molecule has 0 radical (unpaired) electrons. The van der Waals surface area contributed by atoms with Gasteiger partial charge in [0.05, 0.1) is 11.2 Å². The van der Waals surface area contributed by atoms with Gasteiger partial charge in [-0.2, -0.15) is 5.10 Å². The van der Waals surface area contributed by atoms with Crippen molar-refractivity contribution in [3.8, 4) is 11.3 Å². The average Bonchev–Trinajstić information content (AvgIpc) is 3.12. The van der Waals surface area contributed by atoms with Crippen LogP contribution in [0.3, 0.4) is 0 Å². The summed E-state index contributed by atoms with van der Waals surface area (Å²) in [5.41, 5.74) is 9.54. The Morgan fingerprint density at radius 2 is 2.08 bits per heavy atom. The van der Waals surface area contributed by atoms with Crippen LogP contribution >= 0.6 is 0 Å². The van der Waals surface area contributed by atoms with Crippen LogP contribution in [0.25, 0.3) is 22.2 Å². The Bertz CT molecular complexity index is 874. The molecule has 3 aromatic rings. The molecule has 8 nitrogen and oxygen atoms in total. The summed E-state index contributed by atoms with van der Waals surface area (Å²) in [7, 11) is 3.41. The first-order valence-corrected chi connectivity index (χ1v) is 7.93. The number of nitrogen functional groups attached to an aromatic ring is 1. The lowest BCUT2D eigenvalue weighted by Gasteiger charge is -2.14. The third kappa shape index (κ3) is 3.79. The number of nitrogens with two attached hydrogens (primary N) is 1. The topological polar surface area (TPSA) is 112 Å². The van der Waals surface area contributed by atoms with E-state index in [1.807, 2.05) is 24.3 Å². The molecule has 8 heteroatoms. The van der Waals surface area contributed by atoms with Crippen molar-refractivity contribution < 1.29 is 4.79 Å². The smallest absolute Gasteiger partial charge is 0.316 e. The Morgan fingerprint density at radius 3 is 2.80 bits per heavy atom. The molecule has 0 atom stereocenters. The predicted octanol–water partition coefficient (Wildman–Crippen LogP) is 1.89. The van der Waals surface area contributed by atoms with Crippen molar-refractivity contribution in [3.63, 3.8) is 0 Å². The molecule has 2 amide bonds. The van der Waals surface area contributed by atoms with E-state index in [2.05, 4.69) is 25.8 Å². The van der Waals surface area contributed by atoms with Gasteiger partial charge >= 0.3 is 6.03 Å². The molecule has 25 heavy (non-hydrogen) atoms. The summed E-state index contributed by atoms with van der Waals surface area (Å²) >= 11 is 0. The molecule has 2 heterocycles. The summed E-state index contributed by atoms with van der Waals surface area (Å²) < 4.78 is 0. The van der Waals surface area contributed by atoms with E-state index in [0.29, 0.717) is 18.9 Å². The zero-order valence-electron chi connectivity index (χ0n) is 14.2. The van der Waals surface area contributed by atoms with E-state index >= 15 is 0 Å². The van der Waals surface area contributed by atoms with Gasteiger partial charge in [-0.25, -0.2) is 9.78 Å². The van der Waals surface area contributed by atoms with Gasteiger partial charge in [-0.3, -0.25) is 5.10 Å². The first-order valence-electron chi connectivity index (χ1n) is 7.93. The molecule has 0 fully saturated rings. The number of pyridine rings is 1. The van der Waals surface area contributed by atoms with E-state index in [9.17, 15) is 4.79 Å². The van der Waals surface area contributed by atoms with Crippen LogP contribution in [-0.2, 0) is 0 Å². The maximum Gasteiger partial charge on any atom is 0.316 e. The minimum absolute atomic E-state index is 0.120. The van der Waals surface area contributed by atoms with Crippen LogP contribution in [0.2, 0.25) is 0 Å². The van der Waals surface area contributed by atoms with Crippen molar-refractivity contribution in [2.45, 2.75) is 0 Å². The van der Waals surface area contributed by atoms with E-state index in [1.54, 1.807) is 26.4 Å². The molecule has 0 bridgehead atoms. The van der Waals surface area contributed by atoms with Crippen molar-refractivity contribution in [2.24, 2.45) is 0 Å². The number of amides is 2. The maximum absolute atomic E-state index is 11.5. The van der Waals surface area contributed by atoms with Gasteiger partial charge in [0, 0.05) is 56.1 Å². The quantitative estimate of drug-likeness (QED) is 0.530. The second-order valence-electron chi connectivity index (χ2n) is 5.85. The van der Waals surface area contributed by atoms with Crippen LogP contribution in [0, 0.1) is 0 Å². The van der Waals surface area contributed by atoms with E-state index in [4.69, 9.17) is 5.73 Å². The Labute approximate surface area is 145 Å². The first-order chi connectivity index (χ1) is 12.0. The van der Waals surface area contributed by atoms with Crippen molar-refractivity contribution in [1.29, 1.82) is 0 Å². The molecular formula is C17H21N7O. The number of fused-ring (bicyclic) bond motifs is 1. The monoisotopic (exact) mass is 339 g/mol. The number of H-pyrrole nitrogens is 1. The molecule has 0 unspecified atom stereocenters. The number of aromatic nitrogens is 3. The Balaban J connectivity index is 1.77. The lowest BCUT2D eigenvalue weighted by molar-refractivity contribution is 0.218. The standard InChI is InChI=1S/C17H21N7O/c1-24(2)17(25)20-8-7-19-14-10-16(18)22-15-9-11(3-4-12(14)15)13-5-6-21-23-13/h3-6,9-10H,7-8H2,1-2H3,(H,20,25)(H,21,23)(H3,18,19,22). The second kappa shape index (κ2) is 7.08. The second-order valence-corrected chi connectivity index (χ2v) is 5.85. The minimum atomic E-state index is -0.120. The average molecular weight is 339 g/mol. The molecule has 3 rings (SSSR count). The van der Waals surface area contributed by atoms with Crippen LogP contribution in [0.4, 0.5) is 16.3 Å². The fourth-order valence-electron chi connectivity index (χ4n) is 2.50. The summed E-state index contributed by atoms with van der Waals surface area (Å²) in [5, 5.41) is 14.0. The Hall–Kier alpha value is -3.29. The number of aromatic amines is 1. The van der Waals surface area contributed by atoms with Crippen molar-refractivity contribution in [1.82, 2.24) is 25.4 Å². The number of benzene rings is 1. The highest BCUT2D eigenvalue weighted by Crippen LogP contribution is 2.28. The number of carbonyl (C=O) groups is 1. The van der Waals surface area contributed by atoms with Gasteiger partial charge in [0.1, 0.15) is 5.82 Å². The van der Waals surface area contributed by atoms with Gasteiger partial charge in [-0.15, -0.1) is 0 Å². The summed E-state index contributed by atoms with van der Waals surface area (Å²) in [6.07, 6.45) is 1.71. The van der Waals surface area contributed by atoms with Crippen LogP contribution in [0.15, 0.2) is 36.5 Å². The van der Waals surface area contributed by atoms with Gasteiger partial charge < -0.3 is 21.3 Å². The number of rotatable bonds is 5. The zero-order valence-corrected chi connectivity index (χ0v) is 14.2. The van der Waals surface area contributed by atoms with Crippen molar-refractivity contribution in [2.75, 3.05) is 38.2 Å². The summed E-state index contributed by atoms with van der Waals surface area (Å²) in [4.78, 5) is 17.4. The lowest BCUT2D eigenvalue weighted by Crippen LogP contribution is -2.37. The van der Waals surface area contributed by atoms with Crippen LogP contribution in [-0.4, -0.2) is 53.3 Å². The highest BCUT2D eigenvalue weighted by atomic mass is 16.2. The van der Waals surface area contributed by atoms with Gasteiger partial charge in [-0.05, 0) is 12.1 Å². The van der Waals surface area contributed by atoms with Crippen LogP contribution in [0.5, 0.6) is 0 Å². The molecule has 0 aliphatic carbocycles. The molecule has 0 aliphatic rings. The van der Waals surface area contributed by atoms with Crippen LogP contribution in [0.1, 0.15) is 0 Å². The van der Waals surface area contributed by atoms with E-state index < -0.39 is 0 Å². The number of carbonyl (C=O) groups excluding carboxylic acids is 1. The summed E-state index contributed by atoms with van der Waals surface area (Å²) in [5.74, 6) is 0.439. The number of nitrogens with one attached hydrogen (secondary N) is 3. The largest absolute Gasteiger partial charge is 0.384 e. The molecule has 1 aromatic carbocycles. The molecule has 5 N–H and O–H groups in total. The van der Waals surface area contributed by atoms with Crippen LogP contribution < -0.4 is 16.4 Å². The normalized spacial score (nSPS) is 10.6. The van der Waals surface area contributed by atoms with E-state index in [1.165, 1.54) is 4.90 Å². The Morgan fingerprint density at radius 1 is 1.24 bits per heavy atom. The number of anilines is 2. The SMILES string of the molecule is CN(C)C(=O)NCCNc1cc(N)nc2cc(-c3ccn[nH]3)ccc12. The van der Waals surface area contributed by atoms with Crippen molar-refractivity contribution in [3.05, 3.63) is 36.5 Å². The Kier molecular flexibility index (Phi) is 4.69. The zero-order chi connectivity index (χ0) is 17.8. The number of hydrogen-bond donors (Lipinski definition) is 4. The van der Waals surface area contributed by atoms with Gasteiger partial charge in [0.25, 0.3) is 0 Å². The molecular weight excluding hydrogens is 318 g/mol. The molecule has 2 aromatic heterocycles. The van der Waals surface area contributed by atoms with Crippen molar-refractivity contribution >= 4 is 28.4 Å². The predicted molar refractivity (Wildman–Crippen MR) is 99.3 cm³/mol. The third-order valence-corrected chi connectivity index (χ3v) is 3.76. The van der Waals surface area contributed by atoms with E-state index in [0.717, 1.165) is 27.8 Å². The number of hydrogen-bond acceptors (Lipinski definition) is 5. The summed E-state index contributed by atoms with van der Waals surface area (Å²) in [6, 6.07) is 9.56. The minimum Gasteiger partial charge on any atom is -0.384 e. The summed E-state index contributed by atoms with van der Waals surface area (Å²) in [6.45, 7) is 1.09. The van der Waals surface area contributed by atoms with E-state index in [-0.39, 0.29) is 6.03 Å². The van der Waals surface area contributed by atoms with Gasteiger partial charge in [-0.1, -0.05) is 12.1 Å². The molecule has 0 spiro atoms. The number of nitrogens with zero attached hydrogens (tertiary/aromatic N) is 3. The lowest BCUT2D eigenvalue weighted by atomic mass is 10.1. The fourth-order valence-corrected chi connectivity index (χ4v) is 2.50. The molecule has 130 valence electrons. The molecule has 0 saturated carbocycles. The van der Waals surface area contributed by atoms with Gasteiger partial charge in [0.15, 0.2) is 0 Å². The fraction of sp³-hybridized carbons (Fsp3) is 0.235. The molecule has 0 saturated heterocycles. The maximum atomic E-state index is 11.5. The first kappa shape index (κ1) is 16.6. The third-order valence-electron chi connectivity index (χ3n) is 3.76. The molecule has 0 aliphatic heterocycles. The highest BCUT2D eigenvalue weighted by Gasteiger charge is 2.08. The van der Waals surface area contributed by atoms with Gasteiger partial charge in [0.2, 0.25) is 0 Å².